The molecular formula is C15H13BrClI. The molecule has 0 saturated heterocycles. The minimum absolute atomic E-state index is 0.00297. The predicted molar refractivity (Wildman–Crippen MR) is 90.3 cm³/mol. The summed E-state index contributed by atoms with van der Waals surface area (Å²) < 4.78 is 2.29. The van der Waals surface area contributed by atoms with Gasteiger partial charge in [0.25, 0.3) is 0 Å². The van der Waals surface area contributed by atoms with E-state index < -0.39 is 0 Å². The van der Waals surface area contributed by atoms with E-state index in [2.05, 4.69) is 87.9 Å². The SMILES string of the molecule is Cc1ccc(CC(Cl)c2cc(I)ccc2Br)cc1. The van der Waals surface area contributed by atoms with Crippen LogP contribution in [0.1, 0.15) is 22.1 Å². The predicted octanol–water partition coefficient (Wildman–Crippen LogP) is 5.88. The molecule has 0 saturated carbocycles. The van der Waals surface area contributed by atoms with E-state index >= 15 is 0 Å². The third-order valence-electron chi connectivity index (χ3n) is 2.83. The van der Waals surface area contributed by atoms with Gasteiger partial charge >= 0.3 is 0 Å². The van der Waals surface area contributed by atoms with Crippen LogP contribution in [0, 0.1) is 10.5 Å². The molecule has 1 atom stereocenters. The molecule has 1 unspecified atom stereocenters. The molecule has 0 amide bonds. The number of benzene rings is 2. The van der Waals surface area contributed by atoms with Crippen LogP contribution in [-0.4, -0.2) is 0 Å². The summed E-state index contributed by atoms with van der Waals surface area (Å²) in [6.45, 7) is 2.10. The van der Waals surface area contributed by atoms with E-state index in [1.807, 2.05) is 0 Å². The lowest BCUT2D eigenvalue weighted by atomic mass is 10.0. The van der Waals surface area contributed by atoms with Crippen LogP contribution in [-0.2, 0) is 6.42 Å². The summed E-state index contributed by atoms with van der Waals surface area (Å²) in [6, 6.07) is 14.8. The number of aryl methyl sites for hydroxylation is 1. The van der Waals surface area contributed by atoms with Gasteiger partial charge in [-0.05, 0) is 65.3 Å². The summed E-state index contributed by atoms with van der Waals surface area (Å²) >= 11 is 12.4. The maximum atomic E-state index is 6.52. The molecule has 0 aliphatic heterocycles. The number of hydrogen-bond donors (Lipinski definition) is 0. The number of alkyl halides is 1. The van der Waals surface area contributed by atoms with Crippen molar-refractivity contribution in [2.75, 3.05) is 0 Å². The fourth-order valence-corrected chi connectivity index (χ4v) is 3.32. The lowest BCUT2D eigenvalue weighted by molar-refractivity contribution is 0.913. The maximum Gasteiger partial charge on any atom is 0.0636 e. The highest BCUT2D eigenvalue weighted by atomic mass is 127. The van der Waals surface area contributed by atoms with Gasteiger partial charge in [0.05, 0.1) is 5.38 Å². The first-order chi connectivity index (χ1) is 8.56. The van der Waals surface area contributed by atoms with E-state index in [1.54, 1.807) is 0 Å². The summed E-state index contributed by atoms with van der Waals surface area (Å²) in [6.07, 6.45) is 0.848. The highest BCUT2D eigenvalue weighted by Crippen LogP contribution is 2.32. The fourth-order valence-electron chi connectivity index (χ4n) is 1.80. The van der Waals surface area contributed by atoms with Gasteiger partial charge < -0.3 is 0 Å². The first kappa shape index (κ1) is 14.4. The highest BCUT2D eigenvalue weighted by molar-refractivity contribution is 14.1. The fraction of sp³-hybridized carbons (Fsp3) is 0.200. The van der Waals surface area contributed by atoms with Crippen molar-refractivity contribution in [2.24, 2.45) is 0 Å². The van der Waals surface area contributed by atoms with Gasteiger partial charge in [-0.1, -0.05) is 45.8 Å². The summed E-state index contributed by atoms with van der Waals surface area (Å²) in [5.74, 6) is 0. The van der Waals surface area contributed by atoms with Crippen molar-refractivity contribution in [3.05, 3.63) is 67.2 Å². The molecule has 2 aromatic rings. The summed E-state index contributed by atoms with van der Waals surface area (Å²) in [5, 5.41) is -0.00297. The van der Waals surface area contributed by atoms with Crippen molar-refractivity contribution < 1.29 is 0 Å². The Kier molecular flexibility index (Phi) is 5.10. The third-order valence-corrected chi connectivity index (χ3v) is 4.61. The normalized spacial score (nSPS) is 12.4. The van der Waals surface area contributed by atoms with E-state index in [0.717, 1.165) is 16.5 Å². The lowest BCUT2D eigenvalue weighted by Crippen LogP contribution is -1.97. The standard InChI is InChI=1S/C15H13BrClI/c1-10-2-4-11(5-3-10)8-15(17)13-9-12(18)6-7-14(13)16/h2-7,9,15H,8H2,1H3. The number of hydrogen-bond acceptors (Lipinski definition) is 0. The molecule has 0 heterocycles. The average Bonchev–Trinajstić information content (AvgIpc) is 2.35. The average molecular weight is 436 g/mol. The van der Waals surface area contributed by atoms with Gasteiger partial charge in [-0.3, -0.25) is 0 Å². The zero-order valence-electron chi connectivity index (χ0n) is 9.96. The second-order valence-electron chi connectivity index (χ2n) is 4.32. The van der Waals surface area contributed by atoms with Crippen molar-refractivity contribution >= 4 is 50.1 Å². The summed E-state index contributed by atoms with van der Waals surface area (Å²) in [5.41, 5.74) is 3.70. The molecule has 0 nitrogen and oxygen atoms in total. The van der Waals surface area contributed by atoms with Crippen LogP contribution in [0.25, 0.3) is 0 Å². The second-order valence-corrected chi connectivity index (χ2v) is 6.95. The largest absolute Gasteiger partial charge is 0.117 e. The van der Waals surface area contributed by atoms with Crippen LogP contribution in [0.2, 0.25) is 0 Å². The second kappa shape index (κ2) is 6.40. The minimum atomic E-state index is -0.00297. The van der Waals surface area contributed by atoms with Gasteiger partial charge in [0.1, 0.15) is 0 Å². The van der Waals surface area contributed by atoms with Gasteiger partial charge in [0, 0.05) is 8.04 Å². The van der Waals surface area contributed by atoms with Crippen molar-refractivity contribution in [1.29, 1.82) is 0 Å². The monoisotopic (exact) mass is 434 g/mol. The quantitative estimate of drug-likeness (QED) is 0.417. The minimum Gasteiger partial charge on any atom is -0.117 e. The summed E-state index contributed by atoms with van der Waals surface area (Å²) in [4.78, 5) is 0. The zero-order chi connectivity index (χ0) is 13.1. The Balaban J connectivity index is 2.18. The van der Waals surface area contributed by atoms with E-state index in [9.17, 15) is 0 Å². The van der Waals surface area contributed by atoms with Gasteiger partial charge in [-0.2, -0.15) is 0 Å². The molecule has 0 N–H and O–H groups in total. The van der Waals surface area contributed by atoms with Crippen LogP contribution in [0.5, 0.6) is 0 Å². The van der Waals surface area contributed by atoms with Crippen molar-refractivity contribution in [1.82, 2.24) is 0 Å². The van der Waals surface area contributed by atoms with Crippen molar-refractivity contribution in [2.45, 2.75) is 18.7 Å². The van der Waals surface area contributed by atoms with Gasteiger partial charge in [-0.15, -0.1) is 11.6 Å². The van der Waals surface area contributed by atoms with Crippen molar-refractivity contribution in [3.63, 3.8) is 0 Å². The van der Waals surface area contributed by atoms with Crippen LogP contribution in [0.4, 0.5) is 0 Å². The van der Waals surface area contributed by atoms with Crippen molar-refractivity contribution in [3.8, 4) is 0 Å². The Hall–Kier alpha value is -0.0600. The smallest absolute Gasteiger partial charge is 0.0636 e. The van der Waals surface area contributed by atoms with Gasteiger partial charge in [0.15, 0.2) is 0 Å². The first-order valence-corrected chi connectivity index (χ1v) is 8.01. The molecule has 2 rings (SSSR count). The molecule has 3 heteroatoms. The molecule has 0 fully saturated rings. The molecule has 0 radical (unpaired) electrons. The van der Waals surface area contributed by atoms with E-state index in [4.69, 9.17) is 11.6 Å². The first-order valence-electron chi connectivity index (χ1n) is 5.71. The topological polar surface area (TPSA) is 0 Å². The van der Waals surface area contributed by atoms with Crippen LogP contribution in [0.15, 0.2) is 46.9 Å². The Morgan fingerprint density at radius 1 is 1.17 bits per heavy atom. The molecule has 2 aromatic carbocycles. The molecule has 0 aliphatic rings. The van der Waals surface area contributed by atoms with Gasteiger partial charge in [-0.25, -0.2) is 0 Å². The molecule has 0 aliphatic carbocycles. The Labute approximate surface area is 135 Å². The number of rotatable bonds is 3. The van der Waals surface area contributed by atoms with Gasteiger partial charge in [0.2, 0.25) is 0 Å². The Bertz CT molecular complexity index is 537. The van der Waals surface area contributed by atoms with E-state index in [-0.39, 0.29) is 5.38 Å². The molecule has 0 spiro atoms. The molecule has 0 aromatic heterocycles. The molecule has 94 valence electrons. The van der Waals surface area contributed by atoms with Crippen LogP contribution >= 0.6 is 50.1 Å². The molecule has 18 heavy (non-hydrogen) atoms. The Morgan fingerprint density at radius 2 is 1.83 bits per heavy atom. The number of halogens is 3. The molecular weight excluding hydrogens is 422 g/mol. The maximum absolute atomic E-state index is 6.52. The van der Waals surface area contributed by atoms with E-state index in [0.29, 0.717) is 0 Å². The van der Waals surface area contributed by atoms with Crippen LogP contribution in [0.3, 0.4) is 0 Å². The molecule has 0 bridgehead atoms. The third kappa shape index (κ3) is 3.72. The highest BCUT2D eigenvalue weighted by Gasteiger charge is 2.12. The Morgan fingerprint density at radius 3 is 2.50 bits per heavy atom. The summed E-state index contributed by atoms with van der Waals surface area (Å²) in [7, 11) is 0. The van der Waals surface area contributed by atoms with Crippen LogP contribution < -0.4 is 0 Å². The lowest BCUT2D eigenvalue weighted by Gasteiger charge is -2.12. The van der Waals surface area contributed by atoms with E-state index in [1.165, 1.54) is 14.7 Å². The zero-order valence-corrected chi connectivity index (χ0v) is 14.5.